The normalized spacial score (nSPS) is 13.9. The highest BCUT2D eigenvalue weighted by Gasteiger charge is 2.23. The van der Waals surface area contributed by atoms with Crippen molar-refractivity contribution >= 4 is 0 Å². The van der Waals surface area contributed by atoms with Gasteiger partial charge < -0.3 is 5.73 Å². The third kappa shape index (κ3) is 3.34. The molecule has 0 aliphatic rings. The molecule has 1 aromatic rings. The van der Waals surface area contributed by atoms with Crippen LogP contribution in [-0.2, 0) is 6.42 Å². The summed E-state index contributed by atoms with van der Waals surface area (Å²) in [6, 6.07) is 6.74. The lowest BCUT2D eigenvalue weighted by Gasteiger charge is -2.29. The summed E-state index contributed by atoms with van der Waals surface area (Å²) in [5.74, 6) is 0.551. The summed E-state index contributed by atoms with van der Waals surface area (Å²) in [5, 5.41) is 0. The molecule has 1 atom stereocenters. The average molecular weight is 219 g/mol. The number of nitrogens with two attached hydrogens (primary N) is 1. The van der Waals surface area contributed by atoms with Gasteiger partial charge >= 0.3 is 0 Å². The van der Waals surface area contributed by atoms with Crippen molar-refractivity contribution in [1.82, 2.24) is 0 Å². The van der Waals surface area contributed by atoms with E-state index in [2.05, 4.69) is 52.8 Å². The van der Waals surface area contributed by atoms with Crippen LogP contribution in [0.2, 0.25) is 0 Å². The van der Waals surface area contributed by atoms with E-state index < -0.39 is 0 Å². The predicted octanol–water partition coefficient (Wildman–Crippen LogP) is 3.47. The standard InChI is InChI=1S/C15H25N/c1-11-6-7-13(8-12(11)2)9-14(10-16)15(3,4)5/h6-8,14H,9-10,16H2,1-5H3. The zero-order chi connectivity index (χ0) is 12.3. The molecule has 16 heavy (non-hydrogen) atoms. The molecule has 1 rings (SSSR count). The van der Waals surface area contributed by atoms with Crippen LogP contribution >= 0.6 is 0 Å². The first kappa shape index (κ1) is 13.2. The van der Waals surface area contributed by atoms with E-state index in [1.807, 2.05) is 0 Å². The van der Waals surface area contributed by atoms with Crippen molar-refractivity contribution in [2.45, 2.75) is 41.0 Å². The minimum atomic E-state index is 0.285. The lowest BCUT2D eigenvalue weighted by atomic mass is 9.77. The van der Waals surface area contributed by atoms with Crippen LogP contribution in [0.5, 0.6) is 0 Å². The second-order valence-corrected chi connectivity index (χ2v) is 5.92. The summed E-state index contributed by atoms with van der Waals surface area (Å²) in [4.78, 5) is 0. The van der Waals surface area contributed by atoms with Crippen LogP contribution in [0.15, 0.2) is 18.2 Å². The Hall–Kier alpha value is -0.820. The fourth-order valence-electron chi connectivity index (χ4n) is 1.96. The van der Waals surface area contributed by atoms with Crippen LogP contribution in [0.25, 0.3) is 0 Å². The maximum Gasteiger partial charge on any atom is -0.00407 e. The summed E-state index contributed by atoms with van der Waals surface area (Å²) in [5.41, 5.74) is 10.3. The van der Waals surface area contributed by atoms with Crippen LogP contribution in [-0.4, -0.2) is 6.54 Å². The van der Waals surface area contributed by atoms with Crippen molar-refractivity contribution < 1.29 is 0 Å². The molecule has 1 nitrogen and oxygen atoms in total. The van der Waals surface area contributed by atoms with Crippen LogP contribution in [0.4, 0.5) is 0 Å². The second kappa shape index (κ2) is 5.01. The van der Waals surface area contributed by atoms with Gasteiger partial charge in [0.2, 0.25) is 0 Å². The minimum Gasteiger partial charge on any atom is -0.330 e. The Kier molecular flexibility index (Phi) is 4.15. The molecule has 0 spiro atoms. The Morgan fingerprint density at radius 1 is 1.12 bits per heavy atom. The summed E-state index contributed by atoms with van der Waals surface area (Å²) in [6.45, 7) is 11.9. The highest BCUT2D eigenvalue weighted by atomic mass is 14.6. The molecule has 0 radical (unpaired) electrons. The van der Waals surface area contributed by atoms with Crippen molar-refractivity contribution in [3.05, 3.63) is 34.9 Å². The molecular formula is C15H25N. The molecule has 0 amide bonds. The Morgan fingerprint density at radius 2 is 1.75 bits per heavy atom. The molecule has 90 valence electrons. The Morgan fingerprint density at radius 3 is 2.19 bits per heavy atom. The average Bonchev–Trinajstić information content (AvgIpc) is 2.18. The van der Waals surface area contributed by atoms with Gasteiger partial charge in [-0.3, -0.25) is 0 Å². The van der Waals surface area contributed by atoms with E-state index in [0.717, 1.165) is 13.0 Å². The minimum absolute atomic E-state index is 0.285. The molecule has 1 aromatic carbocycles. The van der Waals surface area contributed by atoms with Gasteiger partial charge in [0.05, 0.1) is 0 Å². The number of aryl methyl sites for hydroxylation is 2. The Bertz CT molecular complexity index is 347. The number of benzene rings is 1. The first-order valence-corrected chi connectivity index (χ1v) is 6.11. The van der Waals surface area contributed by atoms with Crippen molar-refractivity contribution in [3.63, 3.8) is 0 Å². The zero-order valence-electron chi connectivity index (χ0n) is 11.3. The van der Waals surface area contributed by atoms with Gasteiger partial charge in [-0.15, -0.1) is 0 Å². The fourth-order valence-corrected chi connectivity index (χ4v) is 1.96. The van der Waals surface area contributed by atoms with E-state index in [4.69, 9.17) is 5.73 Å². The molecule has 0 aromatic heterocycles. The molecule has 1 heteroatoms. The van der Waals surface area contributed by atoms with Crippen LogP contribution in [0.1, 0.15) is 37.5 Å². The van der Waals surface area contributed by atoms with E-state index >= 15 is 0 Å². The summed E-state index contributed by atoms with van der Waals surface area (Å²) < 4.78 is 0. The summed E-state index contributed by atoms with van der Waals surface area (Å²) >= 11 is 0. The summed E-state index contributed by atoms with van der Waals surface area (Å²) in [6.07, 6.45) is 1.08. The molecule has 0 saturated carbocycles. The van der Waals surface area contributed by atoms with Gasteiger partial charge in [0.25, 0.3) is 0 Å². The zero-order valence-corrected chi connectivity index (χ0v) is 11.3. The quantitative estimate of drug-likeness (QED) is 0.827. The molecule has 0 aliphatic heterocycles. The Labute approximate surface area is 100 Å². The van der Waals surface area contributed by atoms with E-state index in [1.165, 1.54) is 16.7 Å². The highest BCUT2D eigenvalue weighted by molar-refractivity contribution is 5.30. The van der Waals surface area contributed by atoms with E-state index in [1.54, 1.807) is 0 Å². The van der Waals surface area contributed by atoms with Gasteiger partial charge in [0.1, 0.15) is 0 Å². The monoisotopic (exact) mass is 219 g/mol. The van der Waals surface area contributed by atoms with E-state index in [-0.39, 0.29) is 5.41 Å². The molecular weight excluding hydrogens is 194 g/mol. The third-order valence-corrected chi connectivity index (χ3v) is 3.56. The van der Waals surface area contributed by atoms with Crippen molar-refractivity contribution in [2.75, 3.05) is 6.54 Å². The largest absolute Gasteiger partial charge is 0.330 e. The van der Waals surface area contributed by atoms with Crippen LogP contribution in [0.3, 0.4) is 0 Å². The first-order valence-electron chi connectivity index (χ1n) is 6.11. The van der Waals surface area contributed by atoms with Gasteiger partial charge in [-0.2, -0.15) is 0 Å². The predicted molar refractivity (Wildman–Crippen MR) is 71.6 cm³/mol. The van der Waals surface area contributed by atoms with E-state index in [9.17, 15) is 0 Å². The van der Waals surface area contributed by atoms with Crippen LogP contribution in [0, 0.1) is 25.2 Å². The van der Waals surface area contributed by atoms with Crippen molar-refractivity contribution in [2.24, 2.45) is 17.1 Å². The molecule has 0 aliphatic carbocycles. The smallest absolute Gasteiger partial charge is 0.00407 e. The lowest BCUT2D eigenvalue weighted by molar-refractivity contribution is 0.246. The first-order chi connectivity index (χ1) is 7.34. The molecule has 0 bridgehead atoms. The maximum absolute atomic E-state index is 5.87. The topological polar surface area (TPSA) is 26.0 Å². The molecule has 0 fully saturated rings. The molecule has 1 unspecified atom stereocenters. The van der Waals surface area contributed by atoms with E-state index in [0.29, 0.717) is 5.92 Å². The number of hydrogen-bond donors (Lipinski definition) is 1. The molecule has 2 N–H and O–H groups in total. The molecule has 0 heterocycles. The van der Waals surface area contributed by atoms with Crippen LogP contribution < -0.4 is 5.73 Å². The van der Waals surface area contributed by atoms with Gasteiger partial charge in [-0.05, 0) is 54.8 Å². The molecule has 0 saturated heterocycles. The summed E-state index contributed by atoms with van der Waals surface area (Å²) in [7, 11) is 0. The SMILES string of the molecule is Cc1ccc(CC(CN)C(C)(C)C)cc1C. The van der Waals surface area contributed by atoms with Crippen molar-refractivity contribution in [1.29, 1.82) is 0 Å². The fraction of sp³-hybridized carbons (Fsp3) is 0.600. The highest BCUT2D eigenvalue weighted by Crippen LogP contribution is 2.28. The van der Waals surface area contributed by atoms with Gasteiger partial charge in [0.15, 0.2) is 0 Å². The van der Waals surface area contributed by atoms with Crippen molar-refractivity contribution in [3.8, 4) is 0 Å². The van der Waals surface area contributed by atoms with Gasteiger partial charge in [-0.1, -0.05) is 39.0 Å². The Balaban J connectivity index is 2.83. The van der Waals surface area contributed by atoms with Gasteiger partial charge in [0, 0.05) is 0 Å². The maximum atomic E-state index is 5.87. The number of hydrogen-bond acceptors (Lipinski definition) is 1. The van der Waals surface area contributed by atoms with Gasteiger partial charge in [-0.25, -0.2) is 0 Å². The third-order valence-electron chi connectivity index (χ3n) is 3.56. The lowest BCUT2D eigenvalue weighted by Crippen LogP contribution is -2.29. The number of rotatable bonds is 3. The second-order valence-electron chi connectivity index (χ2n) is 5.92.